The minimum atomic E-state index is -1.06. The number of piperidine rings is 1. The van der Waals surface area contributed by atoms with Gasteiger partial charge in [-0.2, -0.15) is 0 Å². The average Bonchev–Trinajstić information content (AvgIpc) is 2.43. The number of ether oxygens (including phenoxy) is 2. The Labute approximate surface area is 124 Å². The molecule has 0 saturated carbocycles. The molecular weight excluding hydrogens is 273 g/mol. The summed E-state index contributed by atoms with van der Waals surface area (Å²) >= 11 is 0. The van der Waals surface area contributed by atoms with E-state index in [0.29, 0.717) is 44.0 Å². The van der Waals surface area contributed by atoms with E-state index in [-0.39, 0.29) is 17.9 Å². The molecule has 1 N–H and O–H groups in total. The third kappa shape index (κ3) is 2.65. The van der Waals surface area contributed by atoms with Gasteiger partial charge in [0, 0.05) is 17.6 Å². The second-order valence-electron chi connectivity index (χ2n) is 6.02. The van der Waals surface area contributed by atoms with Crippen molar-refractivity contribution in [2.75, 3.05) is 26.9 Å². The molecule has 0 spiro atoms. The number of rotatable bonds is 3. The van der Waals surface area contributed by atoms with Crippen molar-refractivity contribution in [3.63, 3.8) is 0 Å². The van der Waals surface area contributed by atoms with Crippen LogP contribution in [0, 0.1) is 5.82 Å². The molecule has 2 heterocycles. The van der Waals surface area contributed by atoms with Crippen LogP contribution in [0.1, 0.15) is 25.3 Å². The molecule has 2 atom stereocenters. The number of aliphatic hydroxyl groups is 1. The maximum absolute atomic E-state index is 13.7. The zero-order valence-electron chi connectivity index (χ0n) is 12.5. The van der Waals surface area contributed by atoms with E-state index >= 15 is 0 Å². The fourth-order valence-electron chi connectivity index (χ4n) is 3.51. The highest BCUT2D eigenvalue weighted by molar-refractivity contribution is 5.39. The first kappa shape index (κ1) is 14.8. The highest BCUT2D eigenvalue weighted by atomic mass is 19.1. The van der Waals surface area contributed by atoms with Gasteiger partial charge in [-0.1, -0.05) is 0 Å². The van der Waals surface area contributed by atoms with Crippen LogP contribution < -0.4 is 4.74 Å². The van der Waals surface area contributed by atoms with Gasteiger partial charge >= 0.3 is 0 Å². The lowest BCUT2D eigenvalue weighted by molar-refractivity contribution is -0.138. The van der Waals surface area contributed by atoms with Gasteiger partial charge in [0.25, 0.3) is 0 Å². The first-order chi connectivity index (χ1) is 10.0. The van der Waals surface area contributed by atoms with Crippen LogP contribution in [0.4, 0.5) is 4.39 Å². The van der Waals surface area contributed by atoms with Crippen LogP contribution in [0.15, 0.2) is 18.2 Å². The summed E-state index contributed by atoms with van der Waals surface area (Å²) in [6.07, 6.45) is 1.06. The molecule has 0 radical (unpaired) electrons. The standard InChI is InChI=1S/C16H22FNO3/c1-3-21-15-5-4-11(17)6-14(15)16(19)7-12-9-20-10-13(8-16)18(12)2/h4-6,12-13,19H,3,7-10H2,1-2H3. The third-order valence-corrected chi connectivity index (χ3v) is 4.66. The molecule has 0 aromatic heterocycles. The first-order valence-electron chi connectivity index (χ1n) is 7.48. The Bertz CT molecular complexity index is 508. The van der Waals surface area contributed by atoms with Crippen LogP contribution in [0.3, 0.4) is 0 Å². The number of nitrogens with zero attached hydrogens (tertiary/aromatic N) is 1. The van der Waals surface area contributed by atoms with E-state index in [1.165, 1.54) is 12.1 Å². The maximum Gasteiger partial charge on any atom is 0.125 e. The minimum absolute atomic E-state index is 0.153. The summed E-state index contributed by atoms with van der Waals surface area (Å²) in [6.45, 7) is 3.59. The Hall–Kier alpha value is -1.17. The average molecular weight is 295 g/mol. The summed E-state index contributed by atoms with van der Waals surface area (Å²) in [4.78, 5) is 2.26. The van der Waals surface area contributed by atoms with Crippen molar-refractivity contribution in [2.24, 2.45) is 0 Å². The SMILES string of the molecule is CCOc1ccc(F)cc1C1(O)CC2COCC(C1)N2C. The van der Waals surface area contributed by atoms with Crippen LogP contribution in [0.5, 0.6) is 5.75 Å². The van der Waals surface area contributed by atoms with Gasteiger partial charge in [0.05, 0.1) is 25.4 Å². The van der Waals surface area contributed by atoms with E-state index in [0.717, 1.165) is 0 Å². The van der Waals surface area contributed by atoms with Crippen molar-refractivity contribution in [2.45, 2.75) is 37.5 Å². The van der Waals surface area contributed by atoms with Crippen molar-refractivity contribution in [1.82, 2.24) is 4.90 Å². The van der Waals surface area contributed by atoms with E-state index in [9.17, 15) is 9.50 Å². The molecule has 2 aliphatic rings. The normalized spacial score (nSPS) is 33.0. The van der Waals surface area contributed by atoms with Gasteiger partial charge < -0.3 is 14.6 Å². The predicted octanol–water partition coefficient (Wildman–Crippen LogP) is 1.90. The second-order valence-corrected chi connectivity index (χ2v) is 6.02. The van der Waals surface area contributed by atoms with E-state index in [1.54, 1.807) is 6.07 Å². The van der Waals surface area contributed by atoms with E-state index in [2.05, 4.69) is 11.9 Å². The van der Waals surface area contributed by atoms with Crippen LogP contribution in [0.25, 0.3) is 0 Å². The second kappa shape index (κ2) is 5.55. The lowest BCUT2D eigenvalue weighted by Crippen LogP contribution is -2.59. The molecule has 5 heteroatoms. The smallest absolute Gasteiger partial charge is 0.125 e. The van der Waals surface area contributed by atoms with Crippen molar-refractivity contribution in [3.8, 4) is 5.75 Å². The summed E-state index contributed by atoms with van der Waals surface area (Å²) in [7, 11) is 2.06. The van der Waals surface area contributed by atoms with Gasteiger partial charge in [-0.25, -0.2) is 4.39 Å². The van der Waals surface area contributed by atoms with Gasteiger partial charge in [0.1, 0.15) is 11.6 Å². The molecule has 0 aliphatic carbocycles. The number of hydrogen-bond donors (Lipinski definition) is 1. The monoisotopic (exact) mass is 295 g/mol. The highest BCUT2D eigenvalue weighted by Gasteiger charge is 2.46. The Morgan fingerprint density at radius 2 is 2.05 bits per heavy atom. The van der Waals surface area contributed by atoms with E-state index in [1.807, 2.05) is 6.92 Å². The zero-order valence-corrected chi connectivity index (χ0v) is 12.5. The number of fused-ring (bicyclic) bond motifs is 2. The lowest BCUT2D eigenvalue weighted by atomic mass is 9.76. The molecule has 1 aromatic carbocycles. The lowest BCUT2D eigenvalue weighted by Gasteiger charge is -2.50. The van der Waals surface area contributed by atoms with Crippen molar-refractivity contribution in [1.29, 1.82) is 0 Å². The molecule has 2 bridgehead atoms. The van der Waals surface area contributed by atoms with Gasteiger partial charge in [-0.15, -0.1) is 0 Å². The quantitative estimate of drug-likeness (QED) is 0.925. The molecule has 2 fully saturated rings. The Kier molecular flexibility index (Phi) is 3.90. The zero-order chi connectivity index (χ0) is 15.0. The Morgan fingerprint density at radius 1 is 1.38 bits per heavy atom. The fraction of sp³-hybridized carbons (Fsp3) is 0.625. The van der Waals surface area contributed by atoms with E-state index < -0.39 is 5.60 Å². The fourth-order valence-corrected chi connectivity index (χ4v) is 3.51. The first-order valence-corrected chi connectivity index (χ1v) is 7.48. The number of hydrogen-bond acceptors (Lipinski definition) is 4. The molecule has 0 amide bonds. The van der Waals surface area contributed by atoms with Crippen LogP contribution >= 0.6 is 0 Å². The largest absolute Gasteiger partial charge is 0.493 e. The summed E-state index contributed by atoms with van der Waals surface area (Å²) in [5, 5.41) is 11.2. The molecule has 2 unspecified atom stereocenters. The van der Waals surface area contributed by atoms with Gasteiger partial charge in [-0.05, 0) is 45.0 Å². The van der Waals surface area contributed by atoms with Crippen molar-refractivity contribution < 1.29 is 19.0 Å². The summed E-state index contributed by atoms with van der Waals surface area (Å²) in [5.41, 5.74) is -0.493. The number of likely N-dealkylation sites (N-methyl/N-ethyl adjacent to an activating group) is 1. The molecule has 3 rings (SSSR count). The predicted molar refractivity (Wildman–Crippen MR) is 76.9 cm³/mol. The summed E-state index contributed by atoms with van der Waals surface area (Å²) in [6, 6.07) is 4.70. The van der Waals surface area contributed by atoms with Crippen LogP contribution in [0.2, 0.25) is 0 Å². The minimum Gasteiger partial charge on any atom is -0.493 e. The molecule has 116 valence electrons. The summed E-state index contributed by atoms with van der Waals surface area (Å²) in [5.74, 6) is 0.229. The third-order valence-electron chi connectivity index (χ3n) is 4.66. The molecule has 2 saturated heterocycles. The topological polar surface area (TPSA) is 41.9 Å². The highest BCUT2D eigenvalue weighted by Crippen LogP contribution is 2.43. The molecular formula is C16H22FNO3. The van der Waals surface area contributed by atoms with Crippen LogP contribution in [-0.4, -0.2) is 49.0 Å². The van der Waals surface area contributed by atoms with Gasteiger partial charge in [0.2, 0.25) is 0 Å². The van der Waals surface area contributed by atoms with E-state index in [4.69, 9.17) is 9.47 Å². The summed E-state index contributed by atoms with van der Waals surface area (Å²) < 4.78 is 24.8. The maximum atomic E-state index is 13.7. The molecule has 4 nitrogen and oxygen atoms in total. The molecule has 2 aliphatic heterocycles. The van der Waals surface area contributed by atoms with Gasteiger partial charge in [-0.3, -0.25) is 4.90 Å². The number of benzene rings is 1. The molecule has 1 aromatic rings. The number of morpholine rings is 1. The Morgan fingerprint density at radius 3 is 2.67 bits per heavy atom. The molecule has 21 heavy (non-hydrogen) atoms. The van der Waals surface area contributed by atoms with Crippen molar-refractivity contribution in [3.05, 3.63) is 29.6 Å². The van der Waals surface area contributed by atoms with Crippen LogP contribution in [-0.2, 0) is 10.3 Å². The number of halogens is 1. The van der Waals surface area contributed by atoms with Gasteiger partial charge in [0.15, 0.2) is 0 Å². The van der Waals surface area contributed by atoms with Crippen molar-refractivity contribution >= 4 is 0 Å². The Balaban J connectivity index is 1.97.